The topological polar surface area (TPSA) is 61.1 Å². The zero-order chi connectivity index (χ0) is 23.0. The largest absolute Gasteiger partial charge is 0.490 e. The maximum Gasteiger partial charge on any atom is 0.453 e. The minimum absolute atomic E-state index is 0.0150. The van der Waals surface area contributed by atoms with Crippen LogP contribution in [0.2, 0.25) is 0 Å². The number of rotatable bonds is 5. The molecule has 0 aliphatic carbocycles. The summed E-state index contributed by atoms with van der Waals surface area (Å²) in [5, 5.41) is -0.0187. The summed E-state index contributed by atoms with van der Waals surface area (Å²) in [6.45, 7) is 6.47. The van der Waals surface area contributed by atoms with Crippen molar-refractivity contribution in [3.8, 4) is 23.0 Å². The van der Waals surface area contributed by atoms with Crippen LogP contribution >= 0.6 is 0 Å². The van der Waals surface area contributed by atoms with Crippen LogP contribution < -0.4 is 19.6 Å². The molecule has 0 spiro atoms. The molecule has 170 valence electrons. The highest BCUT2D eigenvalue weighted by Gasteiger charge is 2.41. The number of hydrogen-bond acceptors (Lipinski definition) is 6. The van der Waals surface area contributed by atoms with E-state index in [1.165, 1.54) is 12.1 Å². The molecule has 2 heterocycles. The van der Waals surface area contributed by atoms with E-state index in [9.17, 15) is 18.0 Å². The average Bonchev–Trinajstić information content (AvgIpc) is 2.75. The second kappa shape index (κ2) is 8.38. The number of alkyl halides is 3. The first-order chi connectivity index (χ1) is 15.2. The van der Waals surface area contributed by atoms with Crippen molar-refractivity contribution < 1.29 is 31.8 Å². The number of benzene rings is 2. The molecule has 1 aliphatic rings. The van der Waals surface area contributed by atoms with Gasteiger partial charge in [-0.2, -0.15) is 13.2 Å². The van der Waals surface area contributed by atoms with Gasteiger partial charge in [0, 0.05) is 12.6 Å². The average molecular weight is 449 g/mol. The maximum absolute atomic E-state index is 14.0. The van der Waals surface area contributed by atoms with E-state index in [1.807, 2.05) is 18.7 Å². The SMILES string of the molecule is CCOc1ccccc1Oc1c(C(F)(F)F)oc2c3c(ccc2c1=O)OCN(C(C)C)C3. The minimum atomic E-state index is -4.96. The molecule has 0 bridgehead atoms. The number of hydrogen-bond donors (Lipinski definition) is 0. The first kappa shape index (κ1) is 22.0. The normalized spacial score (nSPS) is 14.3. The third-order valence-electron chi connectivity index (χ3n) is 5.17. The van der Waals surface area contributed by atoms with E-state index in [-0.39, 0.29) is 41.7 Å². The number of halogens is 3. The van der Waals surface area contributed by atoms with Gasteiger partial charge < -0.3 is 18.6 Å². The molecular formula is C23H22F3NO5. The predicted molar refractivity (Wildman–Crippen MR) is 111 cm³/mol. The van der Waals surface area contributed by atoms with Gasteiger partial charge in [0.2, 0.25) is 11.2 Å². The smallest absolute Gasteiger partial charge is 0.453 e. The fraction of sp³-hybridized carbons (Fsp3) is 0.348. The summed E-state index contributed by atoms with van der Waals surface area (Å²) >= 11 is 0. The molecule has 1 aromatic heterocycles. The van der Waals surface area contributed by atoms with Gasteiger partial charge in [-0.3, -0.25) is 9.69 Å². The van der Waals surface area contributed by atoms with E-state index >= 15 is 0 Å². The molecule has 0 saturated carbocycles. The van der Waals surface area contributed by atoms with Crippen molar-refractivity contribution >= 4 is 11.0 Å². The summed E-state index contributed by atoms with van der Waals surface area (Å²) in [6.07, 6.45) is -4.96. The standard InChI is InChI=1S/C23H22F3NO5/c1-4-29-17-7-5-6-8-18(17)31-21-19(28)14-9-10-16-15(11-27(12-30-16)13(2)3)20(14)32-22(21)23(24,25)26/h5-10,13H,4,11-12H2,1-3H3. The van der Waals surface area contributed by atoms with Gasteiger partial charge >= 0.3 is 6.18 Å². The minimum Gasteiger partial charge on any atom is -0.490 e. The number of ether oxygens (including phenoxy) is 3. The summed E-state index contributed by atoms with van der Waals surface area (Å²) in [7, 11) is 0. The molecular weight excluding hydrogens is 427 g/mol. The van der Waals surface area contributed by atoms with Crippen molar-refractivity contribution in [1.82, 2.24) is 4.90 Å². The van der Waals surface area contributed by atoms with E-state index in [0.717, 1.165) is 0 Å². The van der Waals surface area contributed by atoms with Gasteiger partial charge in [0.1, 0.15) is 18.1 Å². The molecule has 4 rings (SSSR count). The Labute approximate surface area is 182 Å². The Morgan fingerprint density at radius 2 is 1.84 bits per heavy atom. The molecule has 3 aromatic rings. The van der Waals surface area contributed by atoms with Crippen molar-refractivity contribution in [3.63, 3.8) is 0 Å². The second-order valence-electron chi connectivity index (χ2n) is 7.60. The van der Waals surface area contributed by atoms with Crippen LogP contribution in [0.4, 0.5) is 13.2 Å². The van der Waals surface area contributed by atoms with Gasteiger partial charge in [-0.1, -0.05) is 12.1 Å². The summed E-state index contributed by atoms with van der Waals surface area (Å²) in [5.41, 5.74) is -0.684. The first-order valence-corrected chi connectivity index (χ1v) is 10.2. The molecule has 0 unspecified atom stereocenters. The first-order valence-electron chi connectivity index (χ1n) is 10.2. The summed E-state index contributed by atoms with van der Waals surface area (Å²) in [5.74, 6) is -1.85. The van der Waals surface area contributed by atoms with Crippen LogP contribution in [0, 0.1) is 0 Å². The third-order valence-corrected chi connectivity index (χ3v) is 5.17. The quantitative estimate of drug-likeness (QED) is 0.508. The Morgan fingerprint density at radius 3 is 2.50 bits per heavy atom. The van der Waals surface area contributed by atoms with Crippen molar-refractivity contribution in [2.24, 2.45) is 0 Å². The van der Waals surface area contributed by atoms with Crippen LogP contribution in [0.25, 0.3) is 11.0 Å². The molecule has 0 saturated heterocycles. The van der Waals surface area contributed by atoms with Crippen LogP contribution in [0.5, 0.6) is 23.0 Å². The van der Waals surface area contributed by atoms with E-state index < -0.39 is 23.1 Å². The Kier molecular flexibility index (Phi) is 5.77. The van der Waals surface area contributed by atoms with Crippen LogP contribution in [-0.2, 0) is 12.7 Å². The monoisotopic (exact) mass is 449 g/mol. The van der Waals surface area contributed by atoms with E-state index in [0.29, 0.717) is 18.0 Å². The molecule has 32 heavy (non-hydrogen) atoms. The molecule has 0 amide bonds. The van der Waals surface area contributed by atoms with Gasteiger partial charge in [0.15, 0.2) is 11.5 Å². The van der Waals surface area contributed by atoms with Gasteiger partial charge in [-0.05, 0) is 45.0 Å². The zero-order valence-electron chi connectivity index (χ0n) is 17.8. The van der Waals surface area contributed by atoms with Crippen molar-refractivity contribution in [3.05, 3.63) is 57.9 Å². The van der Waals surface area contributed by atoms with Crippen molar-refractivity contribution in [2.75, 3.05) is 13.3 Å². The lowest BCUT2D eigenvalue weighted by Gasteiger charge is -2.32. The van der Waals surface area contributed by atoms with Gasteiger partial charge in [-0.15, -0.1) is 0 Å². The lowest BCUT2D eigenvalue weighted by molar-refractivity contribution is -0.154. The zero-order valence-corrected chi connectivity index (χ0v) is 17.8. The highest BCUT2D eigenvalue weighted by atomic mass is 19.4. The third kappa shape index (κ3) is 4.00. The Bertz CT molecular complexity index is 1200. The number of nitrogens with zero attached hydrogens (tertiary/aromatic N) is 1. The van der Waals surface area contributed by atoms with E-state index in [2.05, 4.69) is 0 Å². The lowest BCUT2D eigenvalue weighted by atomic mass is 10.1. The van der Waals surface area contributed by atoms with Crippen LogP contribution in [0.3, 0.4) is 0 Å². The van der Waals surface area contributed by atoms with Crippen LogP contribution in [0.15, 0.2) is 45.6 Å². The van der Waals surface area contributed by atoms with Gasteiger partial charge in [-0.25, -0.2) is 0 Å². The Balaban J connectivity index is 1.92. The highest BCUT2D eigenvalue weighted by molar-refractivity contribution is 5.84. The van der Waals surface area contributed by atoms with Gasteiger partial charge in [0.25, 0.3) is 5.76 Å². The van der Waals surface area contributed by atoms with E-state index in [4.69, 9.17) is 18.6 Å². The predicted octanol–water partition coefficient (Wildman–Crippen LogP) is 5.56. The maximum atomic E-state index is 14.0. The molecule has 0 N–H and O–H groups in total. The van der Waals surface area contributed by atoms with Crippen LogP contribution in [0.1, 0.15) is 32.1 Å². The van der Waals surface area contributed by atoms with E-state index in [1.54, 1.807) is 31.2 Å². The molecule has 9 heteroatoms. The molecule has 6 nitrogen and oxygen atoms in total. The second-order valence-corrected chi connectivity index (χ2v) is 7.60. The molecule has 0 fully saturated rings. The fourth-order valence-electron chi connectivity index (χ4n) is 3.50. The fourth-order valence-corrected chi connectivity index (χ4v) is 3.50. The van der Waals surface area contributed by atoms with Crippen molar-refractivity contribution in [2.45, 2.75) is 39.5 Å². The molecule has 0 radical (unpaired) electrons. The van der Waals surface area contributed by atoms with Gasteiger partial charge in [0.05, 0.1) is 17.6 Å². The number of fused-ring (bicyclic) bond motifs is 3. The summed E-state index contributed by atoms with van der Waals surface area (Å²) in [6, 6.07) is 9.24. The van der Waals surface area contributed by atoms with Crippen LogP contribution in [-0.4, -0.2) is 24.3 Å². The lowest BCUT2D eigenvalue weighted by Crippen LogP contribution is -2.37. The summed E-state index contributed by atoms with van der Waals surface area (Å²) in [4.78, 5) is 15.1. The highest BCUT2D eigenvalue weighted by Crippen LogP contribution is 2.42. The Hall–Kier alpha value is -3.20. The molecule has 1 aliphatic heterocycles. The number of para-hydroxylation sites is 2. The Morgan fingerprint density at radius 1 is 1.12 bits per heavy atom. The summed E-state index contributed by atoms with van der Waals surface area (Å²) < 4.78 is 63.8. The molecule has 0 atom stereocenters. The van der Waals surface area contributed by atoms with Crippen molar-refractivity contribution in [1.29, 1.82) is 0 Å². The molecule has 2 aromatic carbocycles.